The highest BCUT2D eigenvalue weighted by atomic mass is 35.5. The van der Waals surface area contributed by atoms with Crippen LogP contribution in [0.15, 0.2) is 18.3 Å². The van der Waals surface area contributed by atoms with Gasteiger partial charge in [0.05, 0.1) is 11.7 Å². The third-order valence-electron chi connectivity index (χ3n) is 1.66. The van der Waals surface area contributed by atoms with Gasteiger partial charge in [-0.15, -0.1) is 0 Å². The predicted molar refractivity (Wildman–Crippen MR) is 47.3 cm³/mol. The molecule has 15 heavy (non-hydrogen) atoms. The molecule has 3 nitrogen and oxygen atoms in total. The van der Waals surface area contributed by atoms with Gasteiger partial charge in [-0.25, -0.2) is 15.0 Å². The van der Waals surface area contributed by atoms with Crippen LogP contribution in [0.3, 0.4) is 0 Å². The number of fused-ring (bicyclic) bond motifs is 1. The van der Waals surface area contributed by atoms with Gasteiger partial charge >= 0.3 is 6.18 Å². The van der Waals surface area contributed by atoms with E-state index in [-0.39, 0.29) is 16.2 Å². The van der Waals surface area contributed by atoms with Gasteiger partial charge in [0.15, 0.2) is 0 Å². The Labute approximate surface area is 86.9 Å². The molecule has 0 aliphatic rings. The monoisotopic (exact) mass is 233 g/mol. The zero-order valence-electron chi connectivity index (χ0n) is 7.09. The lowest BCUT2D eigenvalue weighted by atomic mass is 10.3. The number of pyridine rings is 1. The van der Waals surface area contributed by atoms with E-state index in [4.69, 9.17) is 11.6 Å². The van der Waals surface area contributed by atoms with Gasteiger partial charge in [0.2, 0.25) is 5.82 Å². The van der Waals surface area contributed by atoms with Crippen molar-refractivity contribution >= 4 is 22.6 Å². The normalized spacial score (nSPS) is 12.0. The van der Waals surface area contributed by atoms with E-state index in [0.717, 1.165) is 6.20 Å². The minimum Gasteiger partial charge on any atom is -0.233 e. The molecule has 0 bridgehead atoms. The molecular formula is C8H3ClF3N3. The van der Waals surface area contributed by atoms with Crippen LogP contribution >= 0.6 is 11.6 Å². The van der Waals surface area contributed by atoms with Crippen LogP contribution < -0.4 is 0 Å². The van der Waals surface area contributed by atoms with Crippen molar-refractivity contribution in [1.82, 2.24) is 15.0 Å². The second-order valence-electron chi connectivity index (χ2n) is 2.73. The van der Waals surface area contributed by atoms with Crippen LogP contribution in [0.2, 0.25) is 5.15 Å². The first-order valence-electron chi connectivity index (χ1n) is 3.83. The summed E-state index contributed by atoms with van der Waals surface area (Å²) in [7, 11) is 0. The molecule has 7 heteroatoms. The molecule has 0 atom stereocenters. The van der Waals surface area contributed by atoms with Crippen molar-refractivity contribution in [2.75, 3.05) is 0 Å². The molecule has 0 aliphatic heterocycles. The van der Waals surface area contributed by atoms with Crippen molar-refractivity contribution < 1.29 is 13.2 Å². The maximum Gasteiger partial charge on any atom is 0.451 e. The molecule has 0 aliphatic carbocycles. The summed E-state index contributed by atoms with van der Waals surface area (Å²) in [6.07, 6.45) is -3.55. The number of halogens is 4. The molecule has 0 spiro atoms. The highest BCUT2D eigenvalue weighted by molar-refractivity contribution is 6.29. The molecule has 0 saturated carbocycles. The topological polar surface area (TPSA) is 38.7 Å². The van der Waals surface area contributed by atoms with E-state index >= 15 is 0 Å². The van der Waals surface area contributed by atoms with Crippen molar-refractivity contribution in [3.8, 4) is 0 Å². The third-order valence-corrected chi connectivity index (χ3v) is 1.87. The number of rotatable bonds is 0. The molecule has 2 aromatic heterocycles. The molecule has 0 unspecified atom stereocenters. The van der Waals surface area contributed by atoms with Crippen LogP contribution in [-0.4, -0.2) is 15.0 Å². The fourth-order valence-electron chi connectivity index (χ4n) is 1.03. The molecular weight excluding hydrogens is 231 g/mol. The van der Waals surface area contributed by atoms with Gasteiger partial charge in [-0.05, 0) is 12.1 Å². The van der Waals surface area contributed by atoms with E-state index in [1.807, 2.05) is 0 Å². The minimum absolute atomic E-state index is 0.113. The summed E-state index contributed by atoms with van der Waals surface area (Å²) < 4.78 is 36.7. The Hall–Kier alpha value is -1.43. The number of aromatic nitrogens is 3. The lowest BCUT2D eigenvalue weighted by molar-refractivity contribution is -0.144. The standard InChI is InChI=1S/C8H3ClF3N3/c9-6-2-1-4-5(14-6)3-13-7(15-4)8(10,11)12/h1-3H. The lowest BCUT2D eigenvalue weighted by Gasteiger charge is -2.04. The molecule has 78 valence electrons. The van der Waals surface area contributed by atoms with Gasteiger partial charge in [-0.2, -0.15) is 13.2 Å². The summed E-state index contributed by atoms with van der Waals surface area (Å²) >= 11 is 5.56. The van der Waals surface area contributed by atoms with Gasteiger partial charge in [0.25, 0.3) is 0 Å². The Bertz CT molecular complexity index is 512. The summed E-state index contributed by atoms with van der Waals surface area (Å²) in [5, 5.41) is 0.186. The van der Waals surface area contributed by atoms with E-state index in [1.165, 1.54) is 12.1 Å². The van der Waals surface area contributed by atoms with Crippen LogP contribution in [0.1, 0.15) is 5.82 Å². The first-order chi connectivity index (χ1) is 6.97. The molecule has 0 radical (unpaired) electrons. The van der Waals surface area contributed by atoms with E-state index in [0.29, 0.717) is 0 Å². The SMILES string of the molecule is FC(F)(F)c1ncc2nc(Cl)ccc2n1. The molecule has 0 N–H and O–H groups in total. The lowest BCUT2D eigenvalue weighted by Crippen LogP contribution is -2.10. The third kappa shape index (κ3) is 1.99. The zero-order valence-corrected chi connectivity index (χ0v) is 7.84. The van der Waals surface area contributed by atoms with Crippen LogP contribution in [0.5, 0.6) is 0 Å². The Morgan fingerprint density at radius 3 is 2.47 bits per heavy atom. The molecule has 2 aromatic rings. The Morgan fingerprint density at radius 2 is 1.80 bits per heavy atom. The maximum absolute atomic E-state index is 12.2. The van der Waals surface area contributed by atoms with Gasteiger partial charge in [0.1, 0.15) is 10.7 Å². The van der Waals surface area contributed by atoms with Crippen LogP contribution in [-0.2, 0) is 6.18 Å². The van der Waals surface area contributed by atoms with Gasteiger partial charge in [-0.3, -0.25) is 0 Å². The van der Waals surface area contributed by atoms with E-state index in [2.05, 4.69) is 15.0 Å². The molecule has 0 aromatic carbocycles. The number of hydrogen-bond donors (Lipinski definition) is 0. The summed E-state index contributed by atoms with van der Waals surface area (Å²) in [6, 6.07) is 2.73. The molecule has 0 fully saturated rings. The fraction of sp³-hybridized carbons (Fsp3) is 0.125. The number of alkyl halides is 3. The molecule has 0 saturated heterocycles. The summed E-state index contributed by atoms with van der Waals surface area (Å²) in [5.74, 6) is -1.18. The van der Waals surface area contributed by atoms with Crippen LogP contribution in [0, 0.1) is 0 Å². The maximum atomic E-state index is 12.2. The Kier molecular flexibility index (Phi) is 2.22. The van der Waals surface area contributed by atoms with Crippen molar-refractivity contribution in [2.45, 2.75) is 6.18 Å². The van der Waals surface area contributed by atoms with Gasteiger partial charge in [-0.1, -0.05) is 11.6 Å². The second kappa shape index (κ2) is 3.30. The first kappa shape index (κ1) is 10.1. The summed E-state index contributed by atoms with van der Waals surface area (Å²) in [5.41, 5.74) is 0.345. The Balaban J connectivity index is 2.62. The largest absolute Gasteiger partial charge is 0.451 e. The van der Waals surface area contributed by atoms with Crippen molar-refractivity contribution in [1.29, 1.82) is 0 Å². The van der Waals surface area contributed by atoms with Gasteiger partial charge in [0, 0.05) is 0 Å². The number of hydrogen-bond acceptors (Lipinski definition) is 3. The fourth-order valence-corrected chi connectivity index (χ4v) is 1.19. The molecule has 0 amide bonds. The van der Waals surface area contributed by atoms with Crippen molar-refractivity contribution in [3.63, 3.8) is 0 Å². The Morgan fingerprint density at radius 1 is 1.07 bits per heavy atom. The zero-order chi connectivity index (χ0) is 11.1. The average Bonchev–Trinajstić information content (AvgIpc) is 2.15. The summed E-state index contributed by atoms with van der Waals surface area (Å²) in [6.45, 7) is 0. The molecule has 2 heterocycles. The molecule has 2 rings (SSSR count). The first-order valence-corrected chi connectivity index (χ1v) is 4.21. The van der Waals surface area contributed by atoms with Gasteiger partial charge < -0.3 is 0 Å². The minimum atomic E-state index is -4.55. The highest BCUT2D eigenvalue weighted by Crippen LogP contribution is 2.26. The van der Waals surface area contributed by atoms with Crippen LogP contribution in [0.4, 0.5) is 13.2 Å². The highest BCUT2D eigenvalue weighted by Gasteiger charge is 2.34. The van der Waals surface area contributed by atoms with Crippen molar-refractivity contribution in [3.05, 3.63) is 29.3 Å². The quantitative estimate of drug-likeness (QED) is 0.657. The van der Waals surface area contributed by atoms with E-state index in [1.54, 1.807) is 0 Å². The van der Waals surface area contributed by atoms with Crippen LogP contribution in [0.25, 0.3) is 11.0 Å². The van der Waals surface area contributed by atoms with E-state index < -0.39 is 12.0 Å². The van der Waals surface area contributed by atoms with Crippen molar-refractivity contribution in [2.24, 2.45) is 0 Å². The predicted octanol–water partition coefficient (Wildman–Crippen LogP) is 2.70. The average molecular weight is 234 g/mol. The number of nitrogens with zero attached hydrogens (tertiary/aromatic N) is 3. The summed E-state index contributed by atoms with van der Waals surface area (Å²) in [4.78, 5) is 10.3. The second-order valence-corrected chi connectivity index (χ2v) is 3.12. The smallest absolute Gasteiger partial charge is 0.233 e. The van der Waals surface area contributed by atoms with E-state index in [9.17, 15) is 13.2 Å².